The number of anilines is 1. The van der Waals surface area contributed by atoms with Gasteiger partial charge in [-0.05, 0) is 73.0 Å². The van der Waals surface area contributed by atoms with E-state index in [9.17, 15) is 18.0 Å². The number of ether oxygens (including phenoxy) is 1. The van der Waals surface area contributed by atoms with Gasteiger partial charge in [0.25, 0.3) is 5.91 Å². The highest BCUT2D eigenvalue weighted by molar-refractivity contribution is 7.89. The lowest BCUT2D eigenvalue weighted by Crippen LogP contribution is -2.36. The van der Waals surface area contributed by atoms with Gasteiger partial charge >= 0.3 is 5.97 Å². The minimum Gasteiger partial charge on any atom is -0.465 e. The largest absolute Gasteiger partial charge is 0.465 e. The van der Waals surface area contributed by atoms with E-state index in [1.54, 1.807) is 36.4 Å². The summed E-state index contributed by atoms with van der Waals surface area (Å²) in [5.41, 5.74) is 4.24. The van der Waals surface area contributed by atoms with Gasteiger partial charge in [0.2, 0.25) is 10.0 Å². The van der Waals surface area contributed by atoms with Crippen LogP contribution < -0.4 is 5.32 Å². The Morgan fingerprint density at radius 2 is 1.58 bits per heavy atom. The van der Waals surface area contributed by atoms with Crippen LogP contribution in [0.15, 0.2) is 71.6 Å². The van der Waals surface area contributed by atoms with Gasteiger partial charge in [-0.2, -0.15) is 4.31 Å². The van der Waals surface area contributed by atoms with Crippen molar-refractivity contribution in [2.45, 2.75) is 24.8 Å². The number of fused-ring (bicyclic) bond motifs is 1. The van der Waals surface area contributed by atoms with Crippen molar-refractivity contribution in [3.05, 3.63) is 94.5 Å². The molecule has 3 aromatic carbocycles. The number of hydrogen-bond acceptors (Lipinski definition) is 5. The summed E-state index contributed by atoms with van der Waals surface area (Å²) in [6.45, 7) is 2.56. The second-order valence-electron chi connectivity index (χ2n) is 7.91. The van der Waals surface area contributed by atoms with Crippen LogP contribution in [-0.4, -0.2) is 38.3 Å². The molecule has 0 aliphatic carbocycles. The first kappa shape index (κ1) is 22.7. The van der Waals surface area contributed by atoms with Crippen LogP contribution >= 0.6 is 0 Å². The number of aryl methyl sites for hydroxylation is 1. The number of nitrogens with zero attached hydrogens (tertiary/aromatic N) is 1. The van der Waals surface area contributed by atoms with E-state index in [0.29, 0.717) is 29.8 Å². The molecule has 1 N–H and O–H groups in total. The van der Waals surface area contributed by atoms with E-state index in [2.05, 4.69) is 10.1 Å². The molecule has 0 unspecified atom stereocenters. The SMILES string of the molecule is COC(=O)c1ccc(C(=O)Nc2ccc3c(c2)CN(S(=O)(=O)c2ccc(C)cc2)CC3)cc1. The molecule has 170 valence electrons. The molecule has 0 aromatic heterocycles. The molecule has 1 aliphatic rings. The Morgan fingerprint density at radius 3 is 2.24 bits per heavy atom. The summed E-state index contributed by atoms with van der Waals surface area (Å²) >= 11 is 0. The van der Waals surface area contributed by atoms with Gasteiger partial charge < -0.3 is 10.1 Å². The van der Waals surface area contributed by atoms with E-state index >= 15 is 0 Å². The molecular weight excluding hydrogens is 440 g/mol. The van der Waals surface area contributed by atoms with Crippen molar-refractivity contribution in [1.82, 2.24) is 4.31 Å². The van der Waals surface area contributed by atoms with Crippen LogP contribution in [-0.2, 0) is 27.7 Å². The molecule has 0 saturated carbocycles. The maximum absolute atomic E-state index is 13.1. The molecule has 8 heteroatoms. The fourth-order valence-corrected chi connectivity index (χ4v) is 5.17. The van der Waals surface area contributed by atoms with Gasteiger partial charge in [-0.1, -0.05) is 23.8 Å². The minimum absolute atomic E-state index is 0.239. The van der Waals surface area contributed by atoms with Crippen LogP contribution in [0.3, 0.4) is 0 Å². The molecule has 1 amide bonds. The topological polar surface area (TPSA) is 92.8 Å². The average Bonchev–Trinajstić information content (AvgIpc) is 2.83. The summed E-state index contributed by atoms with van der Waals surface area (Å²) in [7, 11) is -2.31. The molecule has 0 spiro atoms. The molecule has 0 saturated heterocycles. The Morgan fingerprint density at radius 1 is 0.909 bits per heavy atom. The number of esters is 1. The summed E-state index contributed by atoms with van der Waals surface area (Å²) in [5, 5.41) is 2.84. The Kier molecular flexibility index (Phi) is 6.31. The van der Waals surface area contributed by atoms with Crippen molar-refractivity contribution in [3.8, 4) is 0 Å². The Balaban J connectivity index is 1.50. The third-order valence-corrected chi connectivity index (χ3v) is 7.53. The lowest BCUT2D eigenvalue weighted by Gasteiger charge is -2.28. The molecule has 1 aliphatic heterocycles. The number of methoxy groups -OCH3 is 1. The number of nitrogens with one attached hydrogen (secondary N) is 1. The van der Waals surface area contributed by atoms with Crippen LogP contribution in [0.5, 0.6) is 0 Å². The molecule has 4 rings (SSSR count). The minimum atomic E-state index is -3.61. The fraction of sp³-hybridized carbons (Fsp3) is 0.200. The van der Waals surface area contributed by atoms with Gasteiger partial charge in [-0.15, -0.1) is 0 Å². The van der Waals surface area contributed by atoms with Crippen LogP contribution in [0, 0.1) is 6.92 Å². The van der Waals surface area contributed by atoms with E-state index in [-0.39, 0.29) is 17.3 Å². The van der Waals surface area contributed by atoms with Crippen molar-refractivity contribution >= 4 is 27.6 Å². The molecule has 1 heterocycles. The normalized spacial score (nSPS) is 13.8. The number of hydrogen-bond donors (Lipinski definition) is 1. The van der Waals surface area contributed by atoms with Gasteiger partial charge in [0.05, 0.1) is 17.6 Å². The zero-order chi connectivity index (χ0) is 23.6. The third kappa shape index (κ3) is 4.81. The molecule has 33 heavy (non-hydrogen) atoms. The highest BCUT2D eigenvalue weighted by atomic mass is 32.2. The van der Waals surface area contributed by atoms with Gasteiger partial charge in [0.15, 0.2) is 0 Å². The van der Waals surface area contributed by atoms with E-state index in [1.165, 1.54) is 23.5 Å². The fourth-order valence-electron chi connectivity index (χ4n) is 3.75. The lowest BCUT2D eigenvalue weighted by atomic mass is 10.0. The van der Waals surface area contributed by atoms with E-state index in [0.717, 1.165) is 16.7 Å². The van der Waals surface area contributed by atoms with E-state index < -0.39 is 16.0 Å². The summed E-state index contributed by atoms with van der Waals surface area (Å²) in [4.78, 5) is 24.5. The summed E-state index contributed by atoms with van der Waals surface area (Å²) in [6, 6.07) is 18.5. The molecule has 0 fully saturated rings. The monoisotopic (exact) mass is 464 g/mol. The first-order valence-electron chi connectivity index (χ1n) is 10.5. The molecule has 7 nitrogen and oxygen atoms in total. The molecule has 0 atom stereocenters. The number of carbonyl (C=O) groups is 2. The summed E-state index contributed by atoms with van der Waals surface area (Å²) in [6.07, 6.45) is 0.601. The first-order chi connectivity index (χ1) is 15.8. The van der Waals surface area contributed by atoms with Gasteiger partial charge in [0, 0.05) is 24.3 Å². The van der Waals surface area contributed by atoms with Gasteiger partial charge in [-0.3, -0.25) is 4.79 Å². The highest BCUT2D eigenvalue weighted by Gasteiger charge is 2.28. The molecule has 3 aromatic rings. The van der Waals surface area contributed by atoms with Crippen LogP contribution in [0.1, 0.15) is 37.4 Å². The summed E-state index contributed by atoms with van der Waals surface area (Å²) < 4.78 is 32.3. The zero-order valence-electron chi connectivity index (χ0n) is 18.4. The summed E-state index contributed by atoms with van der Waals surface area (Å²) in [5.74, 6) is -0.798. The second-order valence-corrected chi connectivity index (χ2v) is 9.85. The lowest BCUT2D eigenvalue weighted by molar-refractivity contribution is 0.0600. The van der Waals surface area contributed by atoms with Crippen LogP contribution in [0.4, 0.5) is 5.69 Å². The highest BCUT2D eigenvalue weighted by Crippen LogP contribution is 2.27. The Bertz CT molecular complexity index is 1300. The van der Waals surface area contributed by atoms with E-state index in [1.807, 2.05) is 25.1 Å². The van der Waals surface area contributed by atoms with Crippen LogP contribution in [0.2, 0.25) is 0 Å². The standard InChI is InChI=1S/C25H24N2O5S/c1-17-3-11-23(12-4-17)33(30,31)27-14-13-18-9-10-22(15-21(18)16-27)26-24(28)19-5-7-20(8-6-19)25(29)32-2/h3-12,15H,13-14,16H2,1-2H3,(H,26,28). The smallest absolute Gasteiger partial charge is 0.337 e. The number of carbonyl (C=O) groups excluding carboxylic acids is 2. The number of rotatable bonds is 5. The predicted molar refractivity (Wildman–Crippen MR) is 125 cm³/mol. The van der Waals surface area contributed by atoms with Crippen molar-refractivity contribution in [2.24, 2.45) is 0 Å². The quantitative estimate of drug-likeness (QED) is 0.580. The van der Waals surface area contributed by atoms with Crippen molar-refractivity contribution in [1.29, 1.82) is 0 Å². The number of amides is 1. The van der Waals surface area contributed by atoms with Gasteiger partial charge in [0.1, 0.15) is 0 Å². The Labute approximate surface area is 193 Å². The Hall–Kier alpha value is -3.49. The first-order valence-corrected chi connectivity index (χ1v) is 11.9. The second kappa shape index (κ2) is 9.17. The van der Waals surface area contributed by atoms with Crippen molar-refractivity contribution < 1.29 is 22.7 Å². The third-order valence-electron chi connectivity index (χ3n) is 5.67. The zero-order valence-corrected chi connectivity index (χ0v) is 19.2. The maximum atomic E-state index is 13.1. The predicted octanol–water partition coefficient (Wildman–Crippen LogP) is 3.78. The molecule has 0 radical (unpaired) electrons. The molecule has 0 bridgehead atoms. The molecular formula is C25H24N2O5S. The van der Waals surface area contributed by atoms with Crippen molar-refractivity contribution in [2.75, 3.05) is 19.0 Å². The average molecular weight is 465 g/mol. The van der Waals surface area contributed by atoms with Crippen LogP contribution in [0.25, 0.3) is 0 Å². The maximum Gasteiger partial charge on any atom is 0.337 e. The number of benzene rings is 3. The van der Waals surface area contributed by atoms with E-state index in [4.69, 9.17) is 0 Å². The number of sulfonamides is 1. The van der Waals surface area contributed by atoms with Crippen molar-refractivity contribution in [3.63, 3.8) is 0 Å². The van der Waals surface area contributed by atoms with Gasteiger partial charge in [-0.25, -0.2) is 13.2 Å².